The van der Waals surface area contributed by atoms with Gasteiger partial charge in [-0.2, -0.15) is 0 Å². The molecule has 138 valence electrons. The quantitative estimate of drug-likeness (QED) is 0.640. The van der Waals surface area contributed by atoms with Crippen LogP contribution in [0.2, 0.25) is 0 Å². The lowest BCUT2D eigenvalue weighted by molar-refractivity contribution is -0.142. The van der Waals surface area contributed by atoms with E-state index in [0.717, 1.165) is 12.0 Å². The maximum Gasteiger partial charge on any atom is 0.307 e. The third kappa shape index (κ3) is 8.19. The highest BCUT2D eigenvalue weighted by molar-refractivity contribution is 5.79. The lowest BCUT2D eigenvalue weighted by Crippen LogP contribution is -2.41. The number of aryl methyl sites for hydroxylation is 1. The molecule has 0 aliphatic heterocycles. The Morgan fingerprint density at radius 3 is 2.60 bits per heavy atom. The van der Waals surface area contributed by atoms with Crippen molar-refractivity contribution in [3.05, 3.63) is 29.8 Å². The fourth-order valence-electron chi connectivity index (χ4n) is 2.15. The summed E-state index contributed by atoms with van der Waals surface area (Å²) in [5, 5.41) is 2.63. The molecule has 0 saturated heterocycles. The predicted molar refractivity (Wildman–Crippen MR) is 93.2 cm³/mol. The van der Waals surface area contributed by atoms with Crippen LogP contribution in [0.4, 0.5) is 0 Å². The molecule has 7 nitrogen and oxygen atoms in total. The smallest absolute Gasteiger partial charge is 0.307 e. The molecule has 0 heterocycles. The minimum Gasteiger partial charge on any atom is -0.484 e. The van der Waals surface area contributed by atoms with Crippen LogP contribution in [0.5, 0.6) is 5.75 Å². The lowest BCUT2D eigenvalue weighted by Gasteiger charge is -2.22. The first-order chi connectivity index (χ1) is 12.0. The Bertz CT molecular complexity index is 589. The van der Waals surface area contributed by atoms with Crippen LogP contribution >= 0.6 is 0 Å². The molecular formula is C18H26N2O5. The zero-order valence-electron chi connectivity index (χ0n) is 15.0. The van der Waals surface area contributed by atoms with Gasteiger partial charge in [-0.3, -0.25) is 14.4 Å². The zero-order valence-corrected chi connectivity index (χ0v) is 15.0. The second-order valence-corrected chi connectivity index (χ2v) is 5.48. The van der Waals surface area contributed by atoms with E-state index in [-0.39, 0.29) is 31.4 Å². The van der Waals surface area contributed by atoms with Crippen molar-refractivity contribution in [2.24, 2.45) is 0 Å². The van der Waals surface area contributed by atoms with Crippen LogP contribution < -0.4 is 10.1 Å². The lowest BCUT2D eigenvalue weighted by atomic mass is 10.2. The first kappa shape index (κ1) is 20.5. The summed E-state index contributed by atoms with van der Waals surface area (Å²) in [7, 11) is 1.30. The molecule has 1 aromatic rings. The number of methoxy groups -OCH3 is 1. The molecular weight excluding hydrogens is 324 g/mol. The molecule has 0 aliphatic rings. The molecule has 2 amide bonds. The number of rotatable bonds is 10. The molecule has 0 unspecified atom stereocenters. The maximum absolute atomic E-state index is 12.4. The van der Waals surface area contributed by atoms with Crippen molar-refractivity contribution >= 4 is 17.8 Å². The fourth-order valence-corrected chi connectivity index (χ4v) is 2.15. The van der Waals surface area contributed by atoms with Gasteiger partial charge in [-0.1, -0.05) is 19.1 Å². The third-order valence-corrected chi connectivity index (χ3v) is 3.59. The zero-order chi connectivity index (χ0) is 18.7. The summed E-state index contributed by atoms with van der Waals surface area (Å²) in [6.45, 7) is 4.14. The van der Waals surface area contributed by atoms with Gasteiger partial charge in [0, 0.05) is 26.6 Å². The minimum absolute atomic E-state index is 0.0909. The van der Waals surface area contributed by atoms with E-state index in [4.69, 9.17) is 4.74 Å². The molecule has 0 atom stereocenters. The van der Waals surface area contributed by atoms with Gasteiger partial charge in [0.2, 0.25) is 5.91 Å². The Morgan fingerprint density at radius 1 is 1.20 bits per heavy atom. The molecule has 25 heavy (non-hydrogen) atoms. The average Bonchev–Trinajstić information content (AvgIpc) is 2.62. The summed E-state index contributed by atoms with van der Waals surface area (Å²) in [6, 6.07) is 7.56. The van der Waals surface area contributed by atoms with E-state index in [1.54, 1.807) is 6.07 Å². The van der Waals surface area contributed by atoms with Gasteiger partial charge in [0.1, 0.15) is 5.75 Å². The number of nitrogens with zero attached hydrogens (tertiary/aromatic N) is 1. The minimum atomic E-state index is -0.395. The van der Waals surface area contributed by atoms with E-state index in [0.29, 0.717) is 18.8 Å². The van der Waals surface area contributed by atoms with E-state index in [2.05, 4.69) is 10.1 Å². The summed E-state index contributed by atoms with van der Waals surface area (Å²) in [6.07, 6.45) is 0.973. The van der Waals surface area contributed by atoms with Gasteiger partial charge in [0.25, 0.3) is 5.91 Å². The van der Waals surface area contributed by atoms with Gasteiger partial charge in [-0.25, -0.2) is 0 Å². The SMILES string of the molecule is CCc1cccc(OCC(=O)N(CCNC(C)=O)CCC(=O)OC)c1. The summed E-state index contributed by atoms with van der Waals surface area (Å²) in [5.41, 5.74) is 1.12. The highest BCUT2D eigenvalue weighted by Crippen LogP contribution is 2.13. The van der Waals surface area contributed by atoms with Crippen LogP contribution in [0.1, 0.15) is 25.8 Å². The van der Waals surface area contributed by atoms with Crippen molar-refractivity contribution < 1.29 is 23.9 Å². The van der Waals surface area contributed by atoms with Gasteiger partial charge < -0.3 is 19.7 Å². The number of nitrogens with one attached hydrogen (secondary N) is 1. The molecule has 1 rings (SSSR count). The second-order valence-electron chi connectivity index (χ2n) is 5.48. The van der Waals surface area contributed by atoms with E-state index >= 15 is 0 Å². The highest BCUT2D eigenvalue weighted by Gasteiger charge is 2.16. The Hall–Kier alpha value is -2.57. The number of ether oxygens (including phenoxy) is 2. The molecule has 0 saturated carbocycles. The Morgan fingerprint density at radius 2 is 1.96 bits per heavy atom. The average molecular weight is 350 g/mol. The molecule has 0 fully saturated rings. The number of carbonyl (C=O) groups excluding carboxylic acids is 3. The van der Waals surface area contributed by atoms with Gasteiger partial charge in [0.05, 0.1) is 13.5 Å². The van der Waals surface area contributed by atoms with Gasteiger partial charge in [-0.05, 0) is 24.1 Å². The number of hydrogen-bond donors (Lipinski definition) is 1. The summed E-state index contributed by atoms with van der Waals surface area (Å²) in [5.74, 6) is -0.194. The van der Waals surface area contributed by atoms with Crippen LogP contribution in [-0.4, -0.2) is 56.0 Å². The molecule has 1 aromatic carbocycles. The van der Waals surface area contributed by atoms with Crippen molar-refractivity contribution in [1.29, 1.82) is 0 Å². The molecule has 0 bridgehead atoms. The predicted octanol–water partition coefficient (Wildman–Crippen LogP) is 1.16. The Balaban J connectivity index is 2.59. The third-order valence-electron chi connectivity index (χ3n) is 3.59. The topological polar surface area (TPSA) is 84.9 Å². The molecule has 0 aliphatic carbocycles. The van der Waals surface area contributed by atoms with Crippen molar-refractivity contribution in [1.82, 2.24) is 10.2 Å². The number of esters is 1. The number of amides is 2. The van der Waals surface area contributed by atoms with Gasteiger partial charge in [0.15, 0.2) is 6.61 Å². The summed E-state index contributed by atoms with van der Waals surface area (Å²) < 4.78 is 10.2. The van der Waals surface area contributed by atoms with Crippen molar-refractivity contribution in [2.45, 2.75) is 26.7 Å². The number of benzene rings is 1. The molecule has 7 heteroatoms. The van der Waals surface area contributed by atoms with Crippen LogP contribution in [0.25, 0.3) is 0 Å². The first-order valence-corrected chi connectivity index (χ1v) is 8.27. The molecule has 0 radical (unpaired) electrons. The van der Waals surface area contributed by atoms with Crippen molar-refractivity contribution in [3.63, 3.8) is 0 Å². The van der Waals surface area contributed by atoms with Crippen LogP contribution in [0.15, 0.2) is 24.3 Å². The van der Waals surface area contributed by atoms with Crippen LogP contribution in [-0.2, 0) is 25.5 Å². The van der Waals surface area contributed by atoms with Crippen molar-refractivity contribution in [3.8, 4) is 5.75 Å². The molecule has 0 spiro atoms. The Labute approximate surface area is 148 Å². The standard InChI is InChI=1S/C18H26N2O5/c1-4-15-6-5-7-16(12-15)25-13-17(22)20(10-8-18(23)24-3)11-9-19-14(2)21/h5-7,12H,4,8-11,13H2,1-3H3,(H,19,21). The molecule has 1 N–H and O–H groups in total. The monoisotopic (exact) mass is 350 g/mol. The Kier molecular flexibility index (Phi) is 9.06. The first-order valence-electron chi connectivity index (χ1n) is 8.27. The largest absolute Gasteiger partial charge is 0.484 e. The summed E-state index contributed by atoms with van der Waals surface area (Å²) in [4.78, 5) is 36.1. The maximum atomic E-state index is 12.4. The fraction of sp³-hybridized carbons (Fsp3) is 0.500. The van der Waals surface area contributed by atoms with Crippen LogP contribution in [0, 0.1) is 0 Å². The molecule has 0 aromatic heterocycles. The second kappa shape index (κ2) is 11.1. The highest BCUT2D eigenvalue weighted by atomic mass is 16.5. The van der Waals surface area contributed by atoms with E-state index in [9.17, 15) is 14.4 Å². The van der Waals surface area contributed by atoms with Crippen molar-refractivity contribution in [2.75, 3.05) is 33.4 Å². The van der Waals surface area contributed by atoms with Gasteiger partial charge >= 0.3 is 5.97 Å². The van der Waals surface area contributed by atoms with Crippen LogP contribution in [0.3, 0.4) is 0 Å². The summed E-state index contributed by atoms with van der Waals surface area (Å²) >= 11 is 0. The van der Waals surface area contributed by atoms with E-state index in [1.165, 1.54) is 18.9 Å². The number of carbonyl (C=O) groups is 3. The number of hydrogen-bond acceptors (Lipinski definition) is 5. The van der Waals surface area contributed by atoms with E-state index in [1.807, 2.05) is 25.1 Å². The normalized spacial score (nSPS) is 10.0. The van der Waals surface area contributed by atoms with E-state index < -0.39 is 5.97 Å². The van der Waals surface area contributed by atoms with Gasteiger partial charge in [-0.15, -0.1) is 0 Å².